The van der Waals surface area contributed by atoms with Crippen molar-refractivity contribution in [2.24, 2.45) is 0 Å². The Morgan fingerprint density at radius 3 is 2.23 bits per heavy atom. The first-order chi connectivity index (χ1) is 19.2. The molecule has 0 spiro atoms. The lowest BCUT2D eigenvalue weighted by Gasteiger charge is -2.37. The van der Waals surface area contributed by atoms with Crippen LogP contribution in [0, 0.1) is 0 Å². The molecule has 2 fully saturated rings. The van der Waals surface area contributed by atoms with E-state index in [1.807, 2.05) is 48.5 Å². The van der Waals surface area contributed by atoms with E-state index in [1.54, 1.807) is 17.0 Å². The largest absolute Gasteiger partial charge is 0.457 e. The zero-order valence-electron chi connectivity index (χ0n) is 24.6. The lowest BCUT2D eigenvalue weighted by atomic mass is 10.0. The van der Waals surface area contributed by atoms with E-state index < -0.39 is 5.54 Å². The molecule has 220 valence electrons. The minimum Gasteiger partial charge on any atom is -0.457 e. The molecular weight excluding hydrogens is 526 g/mol. The molecule has 1 aromatic rings. The summed E-state index contributed by atoms with van der Waals surface area (Å²) in [5.41, 5.74) is 1.34. The molecule has 40 heavy (non-hydrogen) atoms. The van der Waals surface area contributed by atoms with Crippen LogP contribution in [0.2, 0.25) is 0 Å². The maximum absolute atomic E-state index is 13.3. The van der Waals surface area contributed by atoms with E-state index >= 15 is 0 Å². The average Bonchev–Trinajstić information content (AvgIpc) is 3.39. The zero-order valence-corrected chi connectivity index (χ0v) is 25.4. The molecule has 0 N–H and O–H groups in total. The molecule has 0 atom stereocenters. The molecule has 0 aliphatic carbocycles. The molecule has 0 aromatic heterocycles. The number of hydrogen-bond acceptors (Lipinski definition) is 6. The number of fused-ring (bicyclic) bond motifs is 1. The van der Waals surface area contributed by atoms with Crippen LogP contribution in [0.4, 0.5) is 10.5 Å². The Hall–Kier alpha value is -2.72. The van der Waals surface area contributed by atoms with E-state index in [0.717, 1.165) is 70.8 Å². The molecule has 9 nitrogen and oxygen atoms in total. The van der Waals surface area contributed by atoms with Crippen molar-refractivity contribution in [3.05, 3.63) is 29.3 Å². The lowest BCUT2D eigenvalue weighted by molar-refractivity contribution is -0.123. The van der Waals surface area contributed by atoms with Crippen molar-refractivity contribution in [3.8, 4) is 0 Å². The van der Waals surface area contributed by atoms with Crippen LogP contribution in [0.5, 0.6) is 0 Å². The number of carbonyl (C=O) groups is 3. The van der Waals surface area contributed by atoms with E-state index in [4.69, 9.17) is 17.0 Å². The van der Waals surface area contributed by atoms with Crippen LogP contribution >= 0.6 is 12.2 Å². The summed E-state index contributed by atoms with van der Waals surface area (Å²) in [6, 6.07) is 5.52. The molecule has 0 bridgehead atoms. The monoisotopic (exact) mass is 571 g/mol. The number of unbranched alkanes of at least 4 members (excludes halogenated alkanes) is 5. The number of thiocarbonyl (C=S) groups is 1. The van der Waals surface area contributed by atoms with Crippen molar-refractivity contribution in [1.82, 2.24) is 19.6 Å². The molecule has 3 aliphatic rings. The number of anilines is 1. The number of rotatable bonds is 12. The second-order valence-corrected chi connectivity index (χ2v) is 11.8. The first kappa shape index (κ1) is 30.2. The quantitative estimate of drug-likeness (QED) is 0.208. The van der Waals surface area contributed by atoms with Gasteiger partial charge in [0.2, 0.25) is 0 Å². The fourth-order valence-electron chi connectivity index (χ4n) is 5.87. The van der Waals surface area contributed by atoms with Crippen LogP contribution in [-0.2, 0) is 16.1 Å². The third-order valence-electron chi connectivity index (χ3n) is 8.53. The molecule has 0 radical (unpaired) electrons. The zero-order chi connectivity index (χ0) is 28.9. The van der Waals surface area contributed by atoms with E-state index in [1.165, 1.54) is 25.7 Å². The van der Waals surface area contributed by atoms with Gasteiger partial charge in [-0.15, -0.1) is 0 Å². The van der Waals surface area contributed by atoms with Gasteiger partial charge in [0.15, 0.2) is 5.11 Å². The highest BCUT2D eigenvalue weighted by molar-refractivity contribution is 7.80. The highest BCUT2D eigenvalue weighted by Gasteiger charge is 2.49. The molecule has 1 aromatic carbocycles. The van der Waals surface area contributed by atoms with E-state index in [0.29, 0.717) is 16.4 Å². The molecular formula is C30H45N5O4S. The van der Waals surface area contributed by atoms with Crippen LogP contribution in [0.1, 0.15) is 82.1 Å². The van der Waals surface area contributed by atoms with E-state index in [2.05, 4.69) is 4.90 Å². The van der Waals surface area contributed by atoms with Crippen LogP contribution in [0.3, 0.4) is 0 Å². The maximum atomic E-state index is 13.3. The Morgan fingerprint density at radius 2 is 1.57 bits per heavy atom. The Labute approximate surface area is 244 Å². The Kier molecular flexibility index (Phi) is 10.1. The van der Waals surface area contributed by atoms with Gasteiger partial charge < -0.3 is 19.4 Å². The van der Waals surface area contributed by atoms with E-state index in [-0.39, 0.29) is 24.5 Å². The second kappa shape index (κ2) is 13.3. The summed E-state index contributed by atoms with van der Waals surface area (Å²) in [6.45, 7) is 15.1. The molecule has 0 unspecified atom stereocenters. The number of amides is 3. The first-order valence-corrected chi connectivity index (χ1v) is 15.3. The molecule has 3 amide bonds. The lowest BCUT2D eigenvalue weighted by Crippen LogP contribution is -2.52. The smallest absolute Gasteiger partial charge is 0.338 e. The average molecular weight is 572 g/mol. The van der Waals surface area contributed by atoms with Gasteiger partial charge in [-0.2, -0.15) is 0 Å². The van der Waals surface area contributed by atoms with Gasteiger partial charge >= 0.3 is 12.0 Å². The Bertz CT molecular complexity index is 1100. The van der Waals surface area contributed by atoms with Crippen molar-refractivity contribution < 1.29 is 19.1 Å². The third-order valence-corrected chi connectivity index (χ3v) is 8.93. The van der Waals surface area contributed by atoms with Crippen molar-refractivity contribution in [3.63, 3.8) is 0 Å². The summed E-state index contributed by atoms with van der Waals surface area (Å²) in [6.07, 6.45) is 6.86. The predicted octanol–water partition coefficient (Wildman–Crippen LogP) is 4.49. The fraction of sp³-hybridized carbons (Fsp3) is 0.667. The van der Waals surface area contributed by atoms with Crippen LogP contribution in [0.25, 0.3) is 0 Å². The number of nitrogens with zero attached hydrogens (tertiary/aromatic N) is 5. The molecule has 10 heteroatoms. The highest BCUT2D eigenvalue weighted by Crippen LogP contribution is 2.34. The fourth-order valence-corrected chi connectivity index (χ4v) is 6.37. The summed E-state index contributed by atoms with van der Waals surface area (Å²) in [5, 5.41) is 0.527. The summed E-state index contributed by atoms with van der Waals surface area (Å²) in [5.74, 6) is -0.360. The van der Waals surface area contributed by atoms with Crippen molar-refractivity contribution in [2.45, 2.75) is 78.4 Å². The molecule has 4 rings (SSSR count). The molecule has 2 saturated heterocycles. The first-order valence-electron chi connectivity index (χ1n) is 14.9. The van der Waals surface area contributed by atoms with Crippen LogP contribution < -0.4 is 4.90 Å². The predicted molar refractivity (Wildman–Crippen MR) is 160 cm³/mol. The molecule has 3 aliphatic heterocycles. The van der Waals surface area contributed by atoms with Gasteiger partial charge in [-0.1, -0.05) is 25.7 Å². The minimum absolute atomic E-state index is 0.0408. The third kappa shape index (κ3) is 6.43. The van der Waals surface area contributed by atoms with Gasteiger partial charge in [-0.05, 0) is 77.5 Å². The van der Waals surface area contributed by atoms with E-state index in [9.17, 15) is 14.4 Å². The van der Waals surface area contributed by atoms with Gasteiger partial charge in [0.1, 0.15) is 12.1 Å². The standard InChI is InChI=1S/C30H45N5O4S/c1-5-32(6-2)28(38)33-19-17-31(18-20-33)15-11-9-7-8-10-12-16-34-29(40)35(27(37)30(34,3)4)24-13-14-25-23(21-24)22-39-26(25)36/h13-14,21H,5-12,15-20,22H2,1-4H3. The summed E-state index contributed by atoms with van der Waals surface area (Å²) in [7, 11) is 0. The number of esters is 1. The number of ether oxygens (including phenoxy) is 1. The van der Waals surface area contributed by atoms with Crippen molar-refractivity contribution in [2.75, 3.05) is 57.3 Å². The Balaban J connectivity index is 1.13. The number of piperazine rings is 1. The van der Waals surface area contributed by atoms with Crippen LogP contribution in [0.15, 0.2) is 18.2 Å². The van der Waals surface area contributed by atoms with Gasteiger partial charge in [0.05, 0.1) is 11.3 Å². The van der Waals surface area contributed by atoms with Gasteiger partial charge in [0.25, 0.3) is 5.91 Å². The Morgan fingerprint density at radius 1 is 0.950 bits per heavy atom. The van der Waals surface area contributed by atoms with Crippen LogP contribution in [-0.4, -0.2) is 101 Å². The van der Waals surface area contributed by atoms with Crippen molar-refractivity contribution in [1.29, 1.82) is 0 Å². The topological polar surface area (TPSA) is 76.6 Å². The second-order valence-electron chi connectivity index (χ2n) is 11.5. The SMILES string of the molecule is CCN(CC)C(=O)N1CCN(CCCCCCCCN2C(=S)N(c3ccc4c(c3)COC4=O)C(=O)C2(C)C)CC1. The normalized spacial score (nSPS) is 18.9. The highest BCUT2D eigenvalue weighted by atomic mass is 32.1. The van der Waals surface area contributed by atoms with Gasteiger partial charge in [-0.25, -0.2) is 9.59 Å². The van der Waals surface area contributed by atoms with Crippen molar-refractivity contribution >= 4 is 40.9 Å². The summed E-state index contributed by atoms with van der Waals surface area (Å²) >= 11 is 5.77. The molecule has 3 heterocycles. The summed E-state index contributed by atoms with van der Waals surface area (Å²) < 4.78 is 5.11. The number of cyclic esters (lactones) is 1. The van der Waals surface area contributed by atoms with Gasteiger partial charge in [0, 0.05) is 51.4 Å². The number of carbonyl (C=O) groups excluding carboxylic acids is 3. The molecule has 0 saturated carbocycles. The van der Waals surface area contributed by atoms with Gasteiger partial charge in [-0.3, -0.25) is 14.6 Å². The minimum atomic E-state index is -0.706. The number of benzene rings is 1. The number of hydrogen-bond donors (Lipinski definition) is 0. The maximum Gasteiger partial charge on any atom is 0.338 e. The number of urea groups is 1. The summed E-state index contributed by atoms with van der Waals surface area (Å²) in [4.78, 5) is 47.7.